The monoisotopic (exact) mass is 300 g/mol. The number of nitrogens with one attached hydrogen (secondary N) is 2. The molecular weight excluding hydrogens is 276 g/mol. The molecule has 0 aliphatic heterocycles. The van der Waals surface area contributed by atoms with Crippen molar-refractivity contribution in [3.05, 3.63) is 36.0 Å². The van der Waals surface area contributed by atoms with Crippen LogP contribution >= 0.6 is 0 Å². The number of alkyl carbamates (subject to hydrolysis) is 1. The summed E-state index contributed by atoms with van der Waals surface area (Å²) in [6, 6.07) is 8.42. The van der Waals surface area contributed by atoms with Gasteiger partial charge in [0.2, 0.25) is 0 Å². The first-order chi connectivity index (χ1) is 10.4. The van der Waals surface area contributed by atoms with Crippen molar-refractivity contribution in [1.82, 2.24) is 10.3 Å². The molecule has 118 valence electrons. The zero-order valence-corrected chi connectivity index (χ0v) is 13.5. The van der Waals surface area contributed by atoms with Crippen molar-refractivity contribution in [3.8, 4) is 0 Å². The maximum absolute atomic E-state index is 12.1. The van der Waals surface area contributed by atoms with E-state index in [4.69, 9.17) is 4.74 Å². The molecule has 1 fully saturated rings. The molecule has 1 aliphatic carbocycles. The molecule has 1 aromatic carbocycles. The van der Waals surface area contributed by atoms with E-state index in [-0.39, 0.29) is 12.1 Å². The summed E-state index contributed by atoms with van der Waals surface area (Å²) in [7, 11) is 0. The number of fused-ring (bicyclic) bond motifs is 1. The Balaban J connectivity index is 1.71. The average Bonchev–Trinajstić information content (AvgIpc) is 3.19. The molecule has 1 amide bonds. The van der Waals surface area contributed by atoms with Crippen molar-refractivity contribution >= 4 is 17.0 Å². The van der Waals surface area contributed by atoms with Crippen LogP contribution in [0.25, 0.3) is 10.9 Å². The summed E-state index contributed by atoms with van der Waals surface area (Å²) >= 11 is 0. The van der Waals surface area contributed by atoms with Crippen LogP contribution in [0.5, 0.6) is 0 Å². The lowest BCUT2D eigenvalue weighted by molar-refractivity contribution is 0.0498. The third-order valence-corrected chi connectivity index (χ3v) is 4.01. The molecule has 1 saturated carbocycles. The zero-order chi connectivity index (χ0) is 15.7. The molecule has 2 N–H and O–H groups in total. The largest absolute Gasteiger partial charge is 0.444 e. The Hall–Kier alpha value is -1.97. The van der Waals surface area contributed by atoms with Gasteiger partial charge in [-0.3, -0.25) is 0 Å². The van der Waals surface area contributed by atoms with Crippen molar-refractivity contribution in [2.24, 2.45) is 5.92 Å². The molecule has 0 radical (unpaired) electrons. The van der Waals surface area contributed by atoms with Crippen LogP contribution in [0.2, 0.25) is 0 Å². The topological polar surface area (TPSA) is 54.1 Å². The molecule has 0 spiro atoms. The molecule has 2 aromatic rings. The van der Waals surface area contributed by atoms with Crippen LogP contribution in [0.15, 0.2) is 30.5 Å². The molecule has 3 rings (SSSR count). The summed E-state index contributed by atoms with van der Waals surface area (Å²) < 4.78 is 5.39. The number of H-pyrrole nitrogens is 1. The van der Waals surface area contributed by atoms with Crippen molar-refractivity contribution < 1.29 is 9.53 Å². The van der Waals surface area contributed by atoms with Gasteiger partial charge in [-0.15, -0.1) is 0 Å². The van der Waals surface area contributed by atoms with E-state index in [1.165, 1.54) is 23.8 Å². The quantitative estimate of drug-likeness (QED) is 0.896. The Bertz CT molecular complexity index is 665. The fraction of sp³-hybridized carbons (Fsp3) is 0.500. The number of aromatic amines is 1. The van der Waals surface area contributed by atoms with Crippen molar-refractivity contribution in [2.75, 3.05) is 0 Å². The van der Waals surface area contributed by atoms with E-state index >= 15 is 0 Å². The first-order valence-electron chi connectivity index (χ1n) is 7.97. The summed E-state index contributed by atoms with van der Waals surface area (Å²) in [6.45, 7) is 5.66. The summed E-state index contributed by atoms with van der Waals surface area (Å²) in [6.07, 6.45) is 4.94. The third kappa shape index (κ3) is 3.62. The summed E-state index contributed by atoms with van der Waals surface area (Å²) in [5.41, 5.74) is 1.94. The van der Waals surface area contributed by atoms with Gasteiger partial charge < -0.3 is 15.0 Å². The van der Waals surface area contributed by atoms with E-state index in [1.54, 1.807) is 0 Å². The first kappa shape index (κ1) is 14.9. The first-order valence-corrected chi connectivity index (χ1v) is 7.97. The van der Waals surface area contributed by atoms with Gasteiger partial charge >= 0.3 is 6.09 Å². The highest BCUT2D eigenvalue weighted by Crippen LogP contribution is 2.35. The molecular formula is C18H24N2O2. The smallest absolute Gasteiger partial charge is 0.407 e. The molecule has 0 saturated heterocycles. The maximum Gasteiger partial charge on any atom is 0.407 e. The van der Waals surface area contributed by atoms with E-state index in [0.29, 0.717) is 5.92 Å². The third-order valence-electron chi connectivity index (χ3n) is 4.01. The Morgan fingerprint density at radius 1 is 1.36 bits per heavy atom. The van der Waals surface area contributed by atoms with Crippen molar-refractivity contribution in [2.45, 2.75) is 51.7 Å². The Labute approximate surface area is 131 Å². The average molecular weight is 300 g/mol. The molecule has 4 heteroatoms. The highest BCUT2D eigenvalue weighted by molar-refractivity contribution is 5.83. The van der Waals surface area contributed by atoms with Gasteiger partial charge in [-0.05, 0) is 57.6 Å². The van der Waals surface area contributed by atoms with E-state index in [0.717, 1.165) is 11.9 Å². The fourth-order valence-corrected chi connectivity index (χ4v) is 2.83. The normalized spacial score (nSPS) is 16.5. The van der Waals surface area contributed by atoms with Gasteiger partial charge in [-0.2, -0.15) is 0 Å². The van der Waals surface area contributed by atoms with E-state index < -0.39 is 5.60 Å². The van der Waals surface area contributed by atoms with E-state index in [1.807, 2.05) is 32.9 Å². The van der Waals surface area contributed by atoms with Crippen LogP contribution in [-0.2, 0) is 11.2 Å². The van der Waals surface area contributed by atoms with Crippen LogP contribution in [0.1, 0.15) is 39.2 Å². The second kappa shape index (κ2) is 5.67. The minimum atomic E-state index is -0.459. The van der Waals surface area contributed by atoms with Gasteiger partial charge in [-0.1, -0.05) is 18.2 Å². The number of ether oxygens (including phenoxy) is 1. The van der Waals surface area contributed by atoms with E-state index in [2.05, 4.69) is 28.6 Å². The molecule has 1 aromatic heterocycles. The lowest BCUT2D eigenvalue weighted by Gasteiger charge is -2.23. The van der Waals surface area contributed by atoms with Gasteiger partial charge in [0.15, 0.2) is 0 Å². The number of rotatable bonds is 4. The number of carbonyl (C=O) groups excluding carboxylic acids is 1. The number of para-hydroxylation sites is 1. The predicted octanol–water partition coefficient (Wildman–Crippen LogP) is 4.01. The van der Waals surface area contributed by atoms with Crippen molar-refractivity contribution in [1.29, 1.82) is 0 Å². The molecule has 22 heavy (non-hydrogen) atoms. The second-order valence-corrected chi connectivity index (χ2v) is 7.15. The highest BCUT2D eigenvalue weighted by Gasteiger charge is 2.33. The van der Waals surface area contributed by atoms with Crippen LogP contribution in [0.3, 0.4) is 0 Å². The highest BCUT2D eigenvalue weighted by atomic mass is 16.6. The molecule has 0 unspecified atom stereocenters. The molecule has 1 heterocycles. The lowest BCUT2D eigenvalue weighted by Crippen LogP contribution is -2.41. The lowest BCUT2D eigenvalue weighted by atomic mass is 10.0. The molecule has 1 aliphatic rings. The summed E-state index contributed by atoms with van der Waals surface area (Å²) in [5, 5.41) is 4.30. The van der Waals surface area contributed by atoms with Gasteiger partial charge in [-0.25, -0.2) is 4.79 Å². The fourth-order valence-electron chi connectivity index (χ4n) is 2.83. The summed E-state index contributed by atoms with van der Waals surface area (Å²) in [5.74, 6) is 0.571. The number of aromatic nitrogens is 1. The maximum atomic E-state index is 12.1. The Morgan fingerprint density at radius 2 is 2.09 bits per heavy atom. The minimum absolute atomic E-state index is 0.147. The minimum Gasteiger partial charge on any atom is -0.444 e. The number of benzene rings is 1. The number of hydrogen-bond donors (Lipinski definition) is 2. The Kier molecular flexibility index (Phi) is 3.85. The predicted molar refractivity (Wildman–Crippen MR) is 87.9 cm³/mol. The standard InChI is InChI=1S/C18H24N2O2/c1-18(2,3)22-17(21)20-16(12-8-9-12)10-13-11-19-15-7-5-4-6-14(13)15/h4-7,11-12,16,19H,8-10H2,1-3H3,(H,20,21)/t16-/m0/s1. The van der Waals surface area contributed by atoms with Crippen molar-refractivity contribution in [3.63, 3.8) is 0 Å². The molecule has 0 bridgehead atoms. The van der Waals surface area contributed by atoms with Gasteiger partial charge in [0.05, 0.1) is 0 Å². The molecule has 1 atom stereocenters. The zero-order valence-electron chi connectivity index (χ0n) is 13.5. The van der Waals surface area contributed by atoms with E-state index in [9.17, 15) is 4.79 Å². The van der Waals surface area contributed by atoms with Gasteiger partial charge in [0, 0.05) is 23.1 Å². The second-order valence-electron chi connectivity index (χ2n) is 7.15. The van der Waals surface area contributed by atoms with Crippen LogP contribution in [-0.4, -0.2) is 22.7 Å². The number of hydrogen-bond acceptors (Lipinski definition) is 2. The van der Waals surface area contributed by atoms with Crippen LogP contribution < -0.4 is 5.32 Å². The molecule has 4 nitrogen and oxygen atoms in total. The van der Waals surface area contributed by atoms with Gasteiger partial charge in [0.25, 0.3) is 0 Å². The van der Waals surface area contributed by atoms with Gasteiger partial charge in [0.1, 0.15) is 5.60 Å². The van der Waals surface area contributed by atoms with Crippen LogP contribution in [0.4, 0.5) is 4.79 Å². The summed E-state index contributed by atoms with van der Waals surface area (Å²) in [4.78, 5) is 15.4. The SMILES string of the molecule is CC(C)(C)OC(=O)N[C@@H](Cc1c[nH]c2ccccc12)C1CC1. The van der Waals surface area contributed by atoms with Crippen LogP contribution in [0, 0.1) is 5.92 Å². The number of carbonyl (C=O) groups is 1. The Morgan fingerprint density at radius 3 is 2.77 bits per heavy atom. The number of amides is 1.